The average Bonchev–Trinajstić information content (AvgIpc) is 1.85. The summed E-state index contributed by atoms with van der Waals surface area (Å²) in [6.07, 6.45) is 0.911. The monoisotopic (exact) mass is 213 g/mol. The molecule has 0 aliphatic carbocycles. The van der Waals surface area contributed by atoms with Gasteiger partial charge in [-0.25, -0.2) is 0 Å². The first kappa shape index (κ1) is 12.5. The Bertz CT molecular complexity index is 193. The average molecular weight is 213 g/mol. The number of rotatable bonds is 4. The second kappa shape index (κ2) is 4.11. The summed E-state index contributed by atoms with van der Waals surface area (Å²) < 4.78 is 11.0. The van der Waals surface area contributed by atoms with Gasteiger partial charge in [0.1, 0.15) is 5.28 Å². The molecule has 12 heavy (non-hydrogen) atoms. The van der Waals surface area contributed by atoms with E-state index < -0.39 is 18.1 Å². The van der Waals surface area contributed by atoms with Crippen LogP contribution in [0.2, 0.25) is 0 Å². The van der Waals surface area contributed by atoms with Crippen LogP contribution in [0.5, 0.6) is 0 Å². The molecule has 0 saturated heterocycles. The Kier molecular flexibility index (Phi) is 4.27. The first-order valence-corrected chi connectivity index (χ1v) is 5.91. The van der Waals surface area contributed by atoms with Crippen LogP contribution in [0.15, 0.2) is 0 Å². The highest BCUT2D eigenvalue weighted by atomic mass is 32.1. The molecule has 0 spiro atoms. The largest absolute Gasteiger partial charge is 0.346 e. The molecule has 2 unspecified atom stereocenters. The standard InChI is InChI=1S/C6H16NO3PS/c1-3-4-6(7,5(2)12)11(8,9)10/h5,12H,3-4,7H2,1-2H3,(H2,8,9,10). The van der Waals surface area contributed by atoms with Crippen molar-refractivity contribution in [2.75, 3.05) is 0 Å². The van der Waals surface area contributed by atoms with Crippen LogP contribution in [-0.4, -0.2) is 20.3 Å². The number of thiol groups is 1. The Morgan fingerprint density at radius 3 is 2.17 bits per heavy atom. The molecule has 4 nitrogen and oxygen atoms in total. The maximum atomic E-state index is 11.0. The Labute approximate surface area is 78.1 Å². The van der Waals surface area contributed by atoms with Crippen LogP contribution in [0.4, 0.5) is 0 Å². The Balaban J connectivity index is 4.75. The molecule has 2 atom stereocenters. The third-order valence-electron chi connectivity index (χ3n) is 1.92. The molecule has 0 heterocycles. The third-order valence-corrected chi connectivity index (χ3v) is 4.28. The van der Waals surface area contributed by atoms with E-state index >= 15 is 0 Å². The van der Waals surface area contributed by atoms with E-state index in [4.69, 9.17) is 15.5 Å². The van der Waals surface area contributed by atoms with Gasteiger partial charge >= 0.3 is 7.60 Å². The second-order valence-electron chi connectivity index (χ2n) is 2.96. The maximum Gasteiger partial charge on any atom is 0.346 e. The summed E-state index contributed by atoms with van der Waals surface area (Å²) in [6.45, 7) is 3.42. The first-order valence-electron chi connectivity index (χ1n) is 3.78. The van der Waals surface area contributed by atoms with Crippen molar-refractivity contribution in [1.82, 2.24) is 0 Å². The van der Waals surface area contributed by atoms with E-state index in [0.717, 1.165) is 0 Å². The zero-order valence-electron chi connectivity index (χ0n) is 7.27. The van der Waals surface area contributed by atoms with Gasteiger partial charge < -0.3 is 15.5 Å². The molecule has 4 N–H and O–H groups in total. The van der Waals surface area contributed by atoms with Gasteiger partial charge in [0.15, 0.2) is 0 Å². The van der Waals surface area contributed by atoms with E-state index in [9.17, 15) is 4.57 Å². The van der Waals surface area contributed by atoms with Gasteiger partial charge in [-0.2, -0.15) is 12.6 Å². The van der Waals surface area contributed by atoms with Crippen molar-refractivity contribution in [2.24, 2.45) is 5.73 Å². The van der Waals surface area contributed by atoms with Crippen LogP contribution < -0.4 is 5.73 Å². The number of hydrogen-bond acceptors (Lipinski definition) is 3. The van der Waals surface area contributed by atoms with Crippen LogP contribution in [0.1, 0.15) is 26.7 Å². The van der Waals surface area contributed by atoms with Gasteiger partial charge in [-0.05, 0) is 6.42 Å². The highest BCUT2D eigenvalue weighted by Gasteiger charge is 2.45. The maximum absolute atomic E-state index is 11.0. The van der Waals surface area contributed by atoms with Crippen LogP contribution >= 0.6 is 20.2 Å². The summed E-state index contributed by atoms with van der Waals surface area (Å²) in [4.78, 5) is 18.0. The molecule has 0 aliphatic rings. The SMILES string of the molecule is CCCC(N)(C(C)S)P(=O)(O)O. The molecule has 0 amide bonds. The summed E-state index contributed by atoms with van der Waals surface area (Å²) in [5.74, 6) is 0. The molecule has 0 fully saturated rings. The lowest BCUT2D eigenvalue weighted by molar-refractivity contribution is 0.314. The van der Waals surface area contributed by atoms with Crippen molar-refractivity contribution < 1.29 is 14.4 Å². The minimum atomic E-state index is -4.26. The zero-order valence-corrected chi connectivity index (χ0v) is 9.05. The van der Waals surface area contributed by atoms with E-state index in [1.807, 2.05) is 6.92 Å². The van der Waals surface area contributed by atoms with Gasteiger partial charge in [-0.3, -0.25) is 4.57 Å². The van der Waals surface area contributed by atoms with Gasteiger partial charge in [0, 0.05) is 5.25 Å². The molecule has 0 aromatic heterocycles. The van der Waals surface area contributed by atoms with Crippen molar-refractivity contribution in [2.45, 2.75) is 37.2 Å². The van der Waals surface area contributed by atoms with E-state index in [1.54, 1.807) is 6.92 Å². The van der Waals surface area contributed by atoms with E-state index in [-0.39, 0.29) is 6.42 Å². The molecule has 0 radical (unpaired) electrons. The fourth-order valence-electron chi connectivity index (χ4n) is 0.998. The van der Waals surface area contributed by atoms with Crippen molar-refractivity contribution in [3.05, 3.63) is 0 Å². The Hall–Kier alpha value is 0.460. The first-order chi connectivity index (χ1) is 5.25. The van der Waals surface area contributed by atoms with Crippen LogP contribution in [0.3, 0.4) is 0 Å². The van der Waals surface area contributed by atoms with E-state index in [2.05, 4.69) is 12.6 Å². The van der Waals surface area contributed by atoms with E-state index in [1.165, 1.54) is 0 Å². The number of hydrogen-bond donors (Lipinski definition) is 4. The quantitative estimate of drug-likeness (QED) is 0.413. The Morgan fingerprint density at radius 2 is 2.08 bits per heavy atom. The minimum Gasteiger partial charge on any atom is -0.323 e. The fourth-order valence-corrected chi connectivity index (χ4v) is 2.58. The van der Waals surface area contributed by atoms with Gasteiger partial charge in [0.25, 0.3) is 0 Å². The van der Waals surface area contributed by atoms with Gasteiger partial charge in [0.2, 0.25) is 0 Å². The molecular formula is C6H16NO3PS. The molecule has 0 bridgehead atoms. The molecule has 0 aromatic rings. The van der Waals surface area contributed by atoms with Crippen molar-refractivity contribution in [3.63, 3.8) is 0 Å². The fraction of sp³-hybridized carbons (Fsp3) is 1.00. The summed E-state index contributed by atoms with van der Waals surface area (Å²) >= 11 is 3.99. The highest BCUT2D eigenvalue weighted by Crippen LogP contribution is 2.52. The van der Waals surface area contributed by atoms with Gasteiger partial charge in [0.05, 0.1) is 0 Å². The summed E-state index contributed by atoms with van der Waals surface area (Å²) in [5, 5.41) is -2.00. The second-order valence-corrected chi connectivity index (χ2v) is 5.66. The highest BCUT2D eigenvalue weighted by molar-refractivity contribution is 7.81. The lowest BCUT2D eigenvalue weighted by Crippen LogP contribution is -2.46. The summed E-state index contributed by atoms with van der Waals surface area (Å²) in [5.41, 5.74) is 5.59. The molecule has 0 rings (SSSR count). The predicted octanol–water partition coefficient (Wildman–Crippen LogP) is 0.937. The van der Waals surface area contributed by atoms with Gasteiger partial charge in [-0.15, -0.1) is 0 Å². The number of nitrogens with two attached hydrogens (primary N) is 1. The predicted molar refractivity (Wildman–Crippen MR) is 52.3 cm³/mol. The molecular weight excluding hydrogens is 197 g/mol. The molecule has 74 valence electrons. The van der Waals surface area contributed by atoms with Crippen LogP contribution in [0, 0.1) is 0 Å². The zero-order chi connectivity index (χ0) is 9.99. The molecule has 0 aromatic carbocycles. The smallest absolute Gasteiger partial charge is 0.323 e. The van der Waals surface area contributed by atoms with Crippen LogP contribution in [0.25, 0.3) is 0 Å². The van der Waals surface area contributed by atoms with Crippen molar-refractivity contribution in [1.29, 1.82) is 0 Å². The normalized spacial score (nSPS) is 20.2. The van der Waals surface area contributed by atoms with E-state index in [0.29, 0.717) is 6.42 Å². The molecule has 6 heteroatoms. The van der Waals surface area contributed by atoms with Crippen LogP contribution in [-0.2, 0) is 4.57 Å². The minimum absolute atomic E-state index is 0.280. The third kappa shape index (κ3) is 2.47. The molecule has 0 aliphatic heterocycles. The molecule has 0 saturated carbocycles. The lowest BCUT2D eigenvalue weighted by atomic mass is 10.1. The summed E-state index contributed by atoms with van der Waals surface area (Å²) in [7, 11) is -4.26. The summed E-state index contributed by atoms with van der Waals surface area (Å²) in [6, 6.07) is 0. The van der Waals surface area contributed by atoms with Crippen molar-refractivity contribution >= 4 is 20.2 Å². The van der Waals surface area contributed by atoms with Crippen molar-refractivity contribution in [3.8, 4) is 0 Å². The van der Waals surface area contributed by atoms with Gasteiger partial charge in [-0.1, -0.05) is 20.3 Å². The topological polar surface area (TPSA) is 83.6 Å². The Morgan fingerprint density at radius 1 is 1.67 bits per heavy atom. The lowest BCUT2D eigenvalue weighted by Gasteiger charge is -2.32.